The maximum Gasteiger partial charge on any atom is 0.243 e. The van der Waals surface area contributed by atoms with Gasteiger partial charge in [0.25, 0.3) is 0 Å². The lowest BCUT2D eigenvalue weighted by atomic mass is 10.2. The molecule has 0 spiro atoms. The Bertz CT molecular complexity index is 833. The molecule has 0 radical (unpaired) electrons. The first kappa shape index (κ1) is 21.1. The standard InChI is InChI=1S/C18H21N3O2S.ClH/c1-15-12-17(13-20)8-9-18(15)24(22,23)21(11-5-10-19)14-16-6-3-2-4-7-16;/h2-4,6-9,12H,5,10-11,14,19H2,1H3;1H. The van der Waals surface area contributed by atoms with Crippen LogP contribution in [0.15, 0.2) is 53.4 Å². The normalized spacial score (nSPS) is 11.0. The smallest absolute Gasteiger partial charge is 0.243 e. The van der Waals surface area contributed by atoms with Crippen LogP contribution in [-0.2, 0) is 16.6 Å². The summed E-state index contributed by atoms with van der Waals surface area (Å²) in [6, 6.07) is 16.1. The van der Waals surface area contributed by atoms with Gasteiger partial charge in [-0.1, -0.05) is 30.3 Å². The molecule has 0 heterocycles. The molecule has 0 bridgehead atoms. The van der Waals surface area contributed by atoms with Gasteiger partial charge in [0.15, 0.2) is 0 Å². The van der Waals surface area contributed by atoms with Crippen LogP contribution in [0.25, 0.3) is 0 Å². The number of sulfonamides is 1. The third-order valence-corrected chi connectivity index (χ3v) is 5.74. The van der Waals surface area contributed by atoms with Gasteiger partial charge >= 0.3 is 0 Å². The molecular formula is C18H22ClN3O2S. The van der Waals surface area contributed by atoms with E-state index in [1.165, 1.54) is 16.4 Å². The van der Waals surface area contributed by atoms with Gasteiger partial charge < -0.3 is 5.73 Å². The lowest BCUT2D eigenvalue weighted by molar-refractivity contribution is 0.401. The molecule has 2 rings (SSSR count). The summed E-state index contributed by atoms with van der Waals surface area (Å²) < 4.78 is 27.6. The van der Waals surface area contributed by atoms with E-state index in [0.717, 1.165) is 5.56 Å². The Hall–Kier alpha value is -1.91. The minimum absolute atomic E-state index is 0. The van der Waals surface area contributed by atoms with E-state index in [9.17, 15) is 8.42 Å². The van der Waals surface area contributed by atoms with Crippen LogP contribution in [0.2, 0.25) is 0 Å². The number of rotatable bonds is 7. The summed E-state index contributed by atoms with van der Waals surface area (Å²) in [5.41, 5.74) is 7.50. The van der Waals surface area contributed by atoms with Crippen LogP contribution in [0.5, 0.6) is 0 Å². The lowest BCUT2D eigenvalue weighted by Gasteiger charge is -2.23. The van der Waals surface area contributed by atoms with Crippen molar-refractivity contribution in [1.82, 2.24) is 4.31 Å². The fourth-order valence-electron chi connectivity index (χ4n) is 2.49. The molecule has 0 aliphatic rings. The average Bonchev–Trinajstić information content (AvgIpc) is 2.58. The van der Waals surface area contributed by atoms with E-state index in [0.29, 0.717) is 37.2 Å². The summed E-state index contributed by atoms with van der Waals surface area (Å²) in [7, 11) is -3.66. The molecule has 134 valence electrons. The zero-order valence-electron chi connectivity index (χ0n) is 14.1. The molecular weight excluding hydrogens is 358 g/mol. The number of nitrogens with two attached hydrogens (primary N) is 1. The summed E-state index contributed by atoms with van der Waals surface area (Å²) in [6.45, 7) is 2.78. The number of aryl methyl sites for hydroxylation is 1. The van der Waals surface area contributed by atoms with Crippen molar-refractivity contribution in [1.29, 1.82) is 5.26 Å². The number of hydrogen-bond donors (Lipinski definition) is 1. The Balaban J connectivity index is 0.00000312. The maximum absolute atomic E-state index is 13.1. The zero-order chi connectivity index (χ0) is 17.6. The molecule has 25 heavy (non-hydrogen) atoms. The van der Waals surface area contributed by atoms with Crippen molar-refractivity contribution in [2.24, 2.45) is 5.73 Å². The predicted molar refractivity (Wildman–Crippen MR) is 101 cm³/mol. The molecule has 0 aliphatic carbocycles. The fourth-order valence-corrected chi connectivity index (χ4v) is 4.16. The molecule has 5 nitrogen and oxygen atoms in total. The summed E-state index contributed by atoms with van der Waals surface area (Å²) in [5.74, 6) is 0. The Labute approximate surface area is 155 Å². The summed E-state index contributed by atoms with van der Waals surface area (Å²) in [5, 5.41) is 8.95. The lowest BCUT2D eigenvalue weighted by Crippen LogP contribution is -2.33. The highest BCUT2D eigenvalue weighted by Crippen LogP contribution is 2.23. The van der Waals surface area contributed by atoms with E-state index in [4.69, 9.17) is 11.0 Å². The molecule has 0 atom stereocenters. The Morgan fingerprint density at radius 1 is 1.16 bits per heavy atom. The van der Waals surface area contributed by atoms with Crippen molar-refractivity contribution < 1.29 is 8.42 Å². The molecule has 7 heteroatoms. The van der Waals surface area contributed by atoms with Gasteiger partial charge in [0.2, 0.25) is 10.0 Å². The topological polar surface area (TPSA) is 87.2 Å². The van der Waals surface area contributed by atoms with Crippen LogP contribution in [-0.4, -0.2) is 25.8 Å². The van der Waals surface area contributed by atoms with Gasteiger partial charge in [0, 0.05) is 13.1 Å². The van der Waals surface area contributed by atoms with E-state index in [2.05, 4.69) is 0 Å². The minimum Gasteiger partial charge on any atom is -0.330 e. The van der Waals surface area contributed by atoms with Crippen molar-refractivity contribution >= 4 is 22.4 Å². The number of nitrogens with zero attached hydrogens (tertiary/aromatic N) is 2. The highest BCUT2D eigenvalue weighted by atomic mass is 35.5. The summed E-state index contributed by atoms with van der Waals surface area (Å²) in [6.07, 6.45) is 0.585. The van der Waals surface area contributed by atoms with Crippen LogP contribution in [0, 0.1) is 18.3 Å². The van der Waals surface area contributed by atoms with Gasteiger partial charge in [0.05, 0.1) is 16.5 Å². The number of benzene rings is 2. The van der Waals surface area contributed by atoms with Gasteiger partial charge in [-0.3, -0.25) is 0 Å². The monoisotopic (exact) mass is 379 g/mol. The van der Waals surface area contributed by atoms with Crippen molar-refractivity contribution in [3.8, 4) is 6.07 Å². The largest absolute Gasteiger partial charge is 0.330 e. The maximum atomic E-state index is 13.1. The minimum atomic E-state index is -3.66. The quantitative estimate of drug-likeness (QED) is 0.801. The molecule has 2 aromatic rings. The van der Waals surface area contributed by atoms with E-state index in [1.807, 2.05) is 36.4 Å². The van der Waals surface area contributed by atoms with E-state index in [-0.39, 0.29) is 17.3 Å². The zero-order valence-corrected chi connectivity index (χ0v) is 15.7. The van der Waals surface area contributed by atoms with Crippen molar-refractivity contribution in [3.05, 3.63) is 65.2 Å². The molecule has 2 aromatic carbocycles. The van der Waals surface area contributed by atoms with Crippen molar-refractivity contribution in [2.75, 3.05) is 13.1 Å². The van der Waals surface area contributed by atoms with Gasteiger partial charge in [-0.05, 0) is 49.2 Å². The van der Waals surface area contributed by atoms with Gasteiger partial charge in [-0.2, -0.15) is 9.57 Å². The van der Waals surface area contributed by atoms with Crippen molar-refractivity contribution in [2.45, 2.75) is 24.8 Å². The summed E-state index contributed by atoms with van der Waals surface area (Å²) >= 11 is 0. The highest BCUT2D eigenvalue weighted by Gasteiger charge is 2.26. The molecule has 0 saturated carbocycles. The molecule has 2 N–H and O–H groups in total. The van der Waals surface area contributed by atoms with E-state index < -0.39 is 10.0 Å². The number of nitriles is 1. The van der Waals surface area contributed by atoms with Crippen LogP contribution in [0.3, 0.4) is 0 Å². The molecule has 0 aromatic heterocycles. The first-order valence-electron chi connectivity index (χ1n) is 7.74. The first-order valence-corrected chi connectivity index (χ1v) is 9.18. The molecule has 0 amide bonds. The molecule has 0 aliphatic heterocycles. The fraction of sp³-hybridized carbons (Fsp3) is 0.278. The second kappa shape index (κ2) is 9.54. The second-order valence-electron chi connectivity index (χ2n) is 5.56. The Kier molecular flexibility index (Phi) is 8.07. The second-order valence-corrected chi connectivity index (χ2v) is 7.46. The summed E-state index contributed by atoms with van der Waals surface area (Å²) in [4.78, 5) is 0.231. The average molecular weight is 380 g/mol. The third kappa shape index (κ3) is 5.28. The molecule has 0 fully saturated rings. The van der Waals surface area contributed by atoms with E-state index in [1.54, 1.807) is 13.0 Å². The predicted octanol–water partition coefficient (Wildman–Crippen LogP) is 2.83. The number of hydrogen-bond acceptors (Lipinski definition) is 4. The SMILES string of the molecule is Cc1cc(C#N)ccc1S(=O)(=O)N(CCCN)Cc1ccccc1.Cl. The Morgan fingerprint density at radius 2 is 1.84 bits per heavy atom. The van der Waals surface area contributed by atoms with Gasteiger partial charge in [-0.15, -0.1) is 12.4 Å². The van der Waals surface area contributed by atoms with Gasteiger partial charge in [-0.25, -0.2) is 8.42 Å². The first-order chi connectivity index (χ1) is 11.5. The number of halogens is 1. The van der Waals surface area contributed by atoms with Crippen LogP contribution >= 0.6 is 12.4 Å². The van der Waals surface area contributed by atoms with Crippen LogP contribution in [0.4, 0.5) is 0 Å². The van der Waals surface area contributed by atoms with E-state index >= 15 is 0 Å². The highest BCUT2D eigenvalue weighted by molar-refractivity contribution is 7.89. The van der Waals surface area contributed by atoms with Crippen LogP contribution in [0.1, 0.15) is 23.1 Å². The van der Waals surface area contributed by atoms with Crippen LogP contribution < -0.4 is 5.73 Å². The molecule has 0 saturated heterocycles. The Morgan fingerprint density at radius 3 is 2.40 bits per heavy atom. The molecule has 0 unspecified atom stereocenters. The van der Waals surface area contributed by atoms with Crippen molar-refractivity contribution in [3.63, 3.8) is 0 Å². The van der Waals surface area contributed by atoms with Gasteiger partial charge in [0.1, 0.15) is 0 Å². The third-order valence-electron chi connectivity index (χ3n) is 3.74.